The van der Waals surface area contributed by atoms with Crippen LogP contribution in [0.15, 0.2) is 42.5 Å². The summed E-state index contributed by atoms with van der Waals surface area (Å²) in [6.07, 6.45) is 1.51. The van der Waals surface area contributed by atoms with Crippen LogP contribution >= 0.6 is 0 Å². The van der Waals surface area contributed by atoms with Gasteiger partial charge >= 0.3 is 0 Å². The number of unbranched alkanes of at least 4 members (excludes halogenated alkanes) is 1. The predicted molar refractivity (Wildman–Crippen MR) is 105 cm³/mol. The number of amides is 2. The zero-order chi connectivity index (χ0) is 19.4. The number of fused-ring (bicyclic) bond motifs is 1. The van der Waals surface area contributed by atoms with Crippen molar-refractivity contribution in [3.8, 4) is 11.5 Å². The molecular weight excluding hydrogens is 344 g/mol. The van der Waals surface area contributed by atoms with E-state index in [0.29, 0.717) is 35.0 Å². The van der Waals surface area contributed by atoms with Gasteiger partial charge in [0.2, 0.25) is 0 Å². The summed E-state index contributed by atoms with van der Waals surface area (Å²) in [5.41, 5.74) is 1.73. The molecule has 0 unspecified atom stereocenters. The molecule has 142 valence electrons. The summed E-state index contributed by atoms with van der Waals surface area (Å²) in [4.78, 5) is 26.2. The van der Waals surface area contributed by atoms with Crippen LogP contribution in [-0.4, -0.2) is 31.6 Å². The van der Waals surface area contributed by atoms with Gasteiger partial charge in [-0.1, -0.05) is 19.4 Å². The van der Waals surface area contributed by atoms with Crippen molar-refractivity contribution in [1.82, 2.24) is 0 Å². The number of rotatable bonds is 6. The third kappa shape index (κ3) is 4.22. The number of hydrogen-bond donors (Lipinski definition) is 1. The number of nitrogens with one attached hydrogen (secondary N) is 1. The maximum absolute atomic E-state index is 12.6. The molecule has 27 heavy (non-hydrogen) atoms. The van der Waals surface area contributed by atoms with E-state index in [1.165, 1.54) is 0 Å². The number of carbonyl (C=O) groups excluding carboxylic acids is 2. The molecule has 2 amide bonds. The molecule has 6 heteroatoms. The van der Waals surface area contributed by atoms with E-state index in [-0.39, 0.29) is 11.8 Å². The van der Waals surface area contributed by atoms with E-state index < -0.39 is 6.10 Å². The van der Waals surface area contributed by atoms with Crippen molar-refractivity contribution >= 4 is 23.2 Å². The Kier molecular flexibility index (Phi) is 5.64. The Morgan fingerprint density at radius 3 is 2.85 bits per heavy atom. The summed E-state index contributed by atoms with van der Waals surface area (Å²) >= 11 is 0. The Morgan fingerprint density at radius 2 is 2.07 bits per heavy atom. The lowest BCUT2D eigenvalue weighted by Gasteiger charge is -2.30. The second kappa shape index (κ2) is 8.12. The van der Waals surface area contributed by atoms with Gasteiger partial charge in [-0.3, -0.25) is 9.59 Å². The largest absolute Gasteiger partial charge is 0.494 e. The average molecular weight is 368 g/mol. The number of benzene rings is 2. The highest BCUT2D eigenvalue weighted by Gasteiger charge is 2.29. The quantitative estimate of drug-likeness (QED) is 0.786. The minimum absolute atomic E-state index is 0.122. The third-order valence-corrected chi connectivity index (χ3v) is 4.42. The van der Waals surface area contributed by atoms with Crippen LogP contribution in [0.25, 0.3) is 0 Å². The molecule has 2 aromatic rings. The highest BCUT2D eigenvalue weighted by atomic mass is 16.5. The van der Waals surface area contributed by atoms with Gasteiger partial charge in [0.1, 0.15) is 11.5 Å². The van der Waals surface area contributed by atoms with Crippen LogP contribution in [-0.2, 0) is 4.79 Å². The number of likely N-dealkylation sites (N-methyl/N-ethyl adjacent to an activating group) is 1. The number of hydrogen-bond acceptors (Lipinski definition) is 4. The predicted octanol–water partition coefficient (Wildman–Crippen LogP) is 3.86. The first kappa shape index (κ1) is 18.8. The van der Waals surface area contributed by atoms with Crippen molar-refractivity contribution in [2.45, 2.75) is 32.8 Å². The Balaban J connectivity index is 1.73. The first-order chi connectivity index (χ1) is 13.0. The highest BCUT2D eigenvalue weighted by Crippen LogP contribution is 2.35. The molecular formula is C21H24N2O4. The fourth-order valence-corrected chi connectivity index (χ4v) is 2.85. The molecule has 1 aliphatic rings. The molecule has 0 radical (unpaired) electrons. The summed E-state index contributed by atoms with van der Waals surface area (Å²) in [5, 5.41) is 2.86. The monoisotopic (exact) mass is 368 g/mol. The minimum atomic E-state index is -0.515. The van der Waals surface area contributed by atoms with Crippen LogP contribution in [0.3, 0.4) is 0 Å². The molecule has 1 heterocycles. The van der Waals surface area contributed by atoms with Crippen LogP contribution in [0.5, 0.6) is 11.5 Å². The Morgan fingerprint density at radius 1 is 1.26 bits per heavy atom. The van der Waals surface area contributed by atoms with Crippen molar-refractivity contribution in [2.24, 2.45) is 0 Å². The van der Waals surface area contributed by atoms with Gasteiger partial charge in [0, 0.05) is 18.3 Å². The summed E-state index contributed by atoms with van der Waals surface area (Å²) in [6.45, 7) is 4.45. The zero-order valence-corrected chi connectivity index (χ0v) is 15.8. The molecule has 3 rings (SSSR count). The van der Waals surface area contributed by atoms with Gasteiger partial charge in [-0.05, 0) is 49.7 Å². The van der Waals surface area contributed by atoms with Crippen molar-refractivity contribution < 1.29 is 19.1 Å². The second-order valence-electron chi connectivity index (χ2n) is 6.52. The Bertz CT molecular complexity index is 850. The fourth-order valence-electron chi connectivity index (χ4n) is 2.85. The topological polar surface area (TPSA) is 67.9 Å². The first-order valence-electron chi connectivity index (χ1n) is 9.12. The molecule has 2 aromatic carbocycles. The summed E-state index contributed by atoms with van der Waals surface area (Å²) in [6, 6.07) is 12.3. The molecule has 6 nitrogen and oxygen atoms in total. The van der Waals surface area contributed by atoms with Gasteiger partial charge in [-0.2, -0.15) is 0 Å². The van der Waals surface area contributed by atoms with Crippen LogP contribution in [0.4, 0.5) is 11.4 Å². The second-order valence-corrected chi connectivity index (χ2v) is 6.52. The number of nitrogens with zero attached hydrogens (tertiary/aromatic N) is 1. The average Bonchev–Trinajstić information content (AvgIpc) is 2.67. The van der Waals surface area contributed by atoms with Crippen molar-refractivity contribution in [3.63, 3.8) is 0 Å². The molecule has 1 N–H and O–H groups in total. The Hall–Kier alpha value is -3.02. The van der Waals surface area contributed by atoms with E-state index in [0.717, 1.165) is 12.8 Å². The van der Waals surface area contributed by atoms with E-state index in [9.17, 15) is 9.59 Å². The van der Waals surface area contributed by atoms with E-state index in [2.05, 4.69) is 12.2 Å². The molecule has 0 saturated heterocycles. The Labute approximate surface area is 159 Å². The number of anilines is 2. The molecule has 0 bridgehead atoms. The molecule has 0 saturated carbocycles. The molecule has 0 aromatic heterocycles. The van der Waals surface area contributed by atoms with Crippen LogP contribution in [0, 0.1) is 0 Å². The van der Waals surface area contributed by atoms with Crippen molar-refractivity contribution in [3.05, 3.63) is 48.0 Å². The zero-order valence-electron chi connectivity index (χ0n) is 15.8. The van der Waals surface area contributed by atoms with Gasteiger partial charge in [-0.15, -0.1) is 0 Å². The van der Waals surface area contributed by atoms with E-state index >= 15 is 0 Å². The van der Waals surface area contributed by atoms with E-state index in [1.807, 2.05) is 6.07 Å². The lowest BCUT2D eigenvalue weighted by molar-refractivity contribution is -0.125. The van der Waals surface area contributed by atoms with E-state index in [1.54, 1.807) is 55.3 Å². The summed E-state index contributed by atoms with van der Waals surface area (Å²) in [7, 11) is 1.70. The van der Waals surface area contributed by atoms with Crippen molar-refractivity contribution in [1.29, 1.82) is 0 Å². The standard InChI is InChI=1S/C21H24N2O4/c1-4-5-11-26-17-8-6-7-15(12-17)20(24)22-16-9-10-19-18(13-16)23(3)21(25)14(2)27-19/h6-10,12-14H,4-5,11H2,1-3H3,(H,22,24)/t14-/m1/s1. The summed E-state index contributed by atoms with van der Waals surface area (Å²) in [5.74, 6) is 0.932. The smallest absolute Gasteiger partial charge is 0.267 e. The highest BCUT2D eigenvalue weighted by molar-refractivity contribution is 6.05. The number of ether oxygens (including phenoxy) is 2. The fraction of sp³-hybridized carbons (Fsp3) is 0.333. The van der Waals surface area contributed by atoms with Gasteiger partial charge < -0.3 is 19.7 Å². The lowest BCUT2D eigenvalue weighted by Crippen LogP contribution is -2.41. The maximum atomic E-state index is 12.6. The minimum Gasteiger partial charge on any atom is -0.494 e. The third-order valence-electron chi connectivity index (χ3n) is 4.42. The SMILES string of the molecule is CCCCOc1cccc(C(=O)Nc2ccc3c(c2)N(C)C(=O)[C@@H](C)O3)c1. The molecule has 1 aliphatic heterocycles. The van der Waals surface area contributed by atoms with Crippen LogP contribution in [0.1, 0.15) is 37.0 Å². The molecule has 0 spiro atoms. The van der Waals surface area contributed by atoms with Gasteiger partial charge in [0.15, 0.2) is 6.10 Å². The van der Waals surface area contributed by atoms with Crippen LogP contribution in [0.2, 0.25) is 0 Å². The van der Waals surface area contributed by atoms with Crippen molar-refractivity contribution in [2.75, 3.05) is 23.9 Å². The van der Waals surface area contributed by atoms with Gasteiger partial charge in [0.25, 0.3) is 11.8 Å². The molecule has 0 aliphatic carbocycles. The maximum Gasteiger partial charge on any atom is 0.267 e. The van der Waals surface area contributed by atoms with Gasteiger partial charge in [-0.25, -0.2) is 0 Å². The normalized spacial score (nSPS) is 15.7. The van der Waals surface area contributed by atoms with Gasteiger partial charge in [0.05, 0.1) is 12.3 Å². The molecule has 0 fully saturated rings. The van der Waals surface area contributed by atoms with Crippen LogP contribution < -0.4 is 19.7 Å². The summed E-state index contributed by atoms with van der Waals surface area (Å²) < 4.78 is 11.3. The van der Waals surface area contributed by atoms with E-state index in [4.69, 9.17) is 9.47 Å². The molecule has 1 atom stereocenters. The number of carbonyl (C=O) groups is 2. The lowest BCUT2D eigenvalue weighted by atomic mass is 10.1. The first-order valence-corrected chi connectivity index (χ1v) is 9.12.